The summed E-state index contributed by atoms with van der Waals surface area (Å²) in [5.41, 5.74) is 5.25. The summed E-state index contributed by atoms with van der Waals surface area (Å²) >= 11 is 0. The number of allylic oxidation sites excluding steroid dienone is 1. The Morgan fingerprint density at radius 3 is 2.43 bits per heavy atom. The van der Waals surface area contributed by atoms with Crippen molar-refractivity contribution in [2.45, 2.75) is 107 Å². The molecule has 1 aromatic heterocycles. The molecule has 0 unspecified atom stereocenters. The third kappa shape index (κ3) is 6.47. The van der Waals surface area contributed by atoms with E-state index in [1.54, 1.807) is 12.3 Å². The third-order valence-electron chi connectivity index (χ3n) is 12.3. The summed E-state index contributed by atoms with van der Waals surface area (Å²) in [6.07, 6.45) is 14.3. The van der Waals surface area contributed by atoms with Crippen LogP contribution in [-0.2, 0) is 17.8 Å². The highest BCUT2D eigenvalue weighted by Gasteiger charge is 2.44. The summed E-state index contributed by atoms with van der Waals surface area (Å²) < 4.78 is 12.5. The minimum absolute atomic E-state index is 0.00841. The van der Waals surface area contributed by atoms with Crippen LogP contribution in [0.15, 0.2) is 48.3 Å². The largest absolute Gasteiger partial charge is 0.508 e. The monoisotopic (exact) mass is 673 g/mol. The van der Waals surface area contributed by atoms with E-state index in [-0.39, 0.29) is 53.9 Å². The summed E-state index contributed by atoms with van der Waals surface area (Å²) in [5.74, 6) is 0.877. The van der Waals surface area contributed by atoms with Gasteiger partial charge < -0.3 is 45.1 Å². The van der Waals surface area contributed by atoms with Crippen LogP contribution in [0.2, 0.25) is 0 Å². The van der Waals surface area contributed by atoms with Gasteiger partial charge >= 0.3 is 0 Å². The number of aliphatic hydroxyl groups is 3. The van der Waals surface area contributed by atoms with Gasteiger partial charge in [0.25, 0.3) is 0 Å². The fourth-order valence-corrected chi connectivity index (χ4v) is 9.76. The Morgan fingerprint density at radius 1 is 0.898 bits per heavy atom. The second-order valence-electron chi connectivity index (χ2n) is 14.9. The van der Waals surface area contributed by atoms with Crippen LogP contribution in [-0.4, -0.2) is 61.5 Å². The molecule has 49 heavy (non-hydrogen) atoms. The lowest BCUT2D eigenvalue weighted by Gasteiger charge is -2.46. The fraction of sp³-hybridized carbons (Fsp3) is 0.550. The SMILES string of the molecule is COc1c(O)c(O)c(CO)c([C@@H]2C[C@H](O)[C@H]3CC[C@H](c4ccc(O)c([C@@H]5C[C@H](C6CCCC6)CC=C5CO)c4)C[C@@H]3O2)c1Cc1cc[nH]c1. The predicted molar refractivity (Wildman–Crippen MR) is 185 cm³/mol. The Balaban J connectivity index is 1.17. The number of aromatic nitrogens is 1. The molecule has 9 nitrogen and oxygen atoms in total. The Labute approximate surface area is 288 Å². The molecule has 7 N–H and O–H groups in total. The van der Waals surface area contributed by atoms with E-state index >= 15 is 0 Å². The maximum absolute atomic E-state index is 11.5. The quantitative estimate of drug-likeness (QED) is 0.0990. The Bertz CT molecular complexity index is 1640. The number of methoxy groups -OCH3 is 1. The van der Waals surface area contributed by atoms with Crippen molar-refractivity contribution in [1.29, 1.82) is 0 Å². The van der Waals surface area contributed by atoms with Gasteiger partial charge in [-0.1, -0.05) is 43.9 Å². The van der Waals surface area contributed by atoms with E-state index in [0.29, 0.717) is 35.8 Å². The molecule has 3 aliphatic carbocycles. The van der Waals surface area contributed by atoms with Crippen molar-refractivity contribution in [1.82, 2.24) is 4.98 Å². The Hall–Kier alpha value is -3.50. The van der Waals surface area contributed by atoms with Gasteiger partial charge in [-0.15, -0.1) is 0 Å². The lowest BCUT2D eigenvalue weighted by atomic mass is 9.70. The first-order valence-electron chi connectivity index (χ1n) is 18.1. The summed E-state index contributed by atoms with van der Waals surface area (Å²) in [5, 5.41) is 65.3. The lowest BCUT2D eigenvalue weighted by molar-refractivity contribution is -0.154. The minimum atomic E-state index is -0.652. The van der Waals surface area contributed by atoms with Crippen LogP contribution in [0, 0.1) is 17.8 Å². The first kappa shape index (κ1) is 34.0. The number of ether oxygens (including phenoxy) is 2. The molecule has 0 spiro atoms. The van der Waals surface area contributed by atoms with E-state index in [0.717, 1.165) is 47.9 Å². The second kappa shape index (κ2) is 14.4. The van der Waals surface area contributed by atoms with Gasteiger partial charge in [0.1, 0.15) is 5.75 Å². The maximum atomic E-state index is 11.5. The van der Waals surface area contributed by atoms with Crippen LogP contribution < -0.4 is 4.74 Å². The van der Waals surface area contributed by atoms with E-state index in [2.05, 4.69) is 17.1 Å². The summed E-state index contributed by atoms with van der Waals surface area (Å²) in [7, 11) is 1.43. The lowest BCUT2D eigenvalue weighted by Crippen LogP contribution is -2.44. The van der Waals surface area contributed by atoms with E-state index in [1.807, 2.05) is 18.3 Å². The van der Waals surface area contributed by atoms with Crippen molar-refractivity contribution in [3.8, 4) is 23.0 Å². The zero-order valence-corrected chi connectivity index (χ0v) is 28.4. The molecule has 3 fully saturated rings. The molecule has 4 aliphatic rings. The van der Waals surface area contributed by atoms with E-state index in [1.165, 1.54) is 32.8 Å². The average molecular weight is 674 g/mol. The van der Waals surface area contributed by atoms with Gasteiger partial charge in [-0.05, 0) is 84.3 Å². The van der Waals surface area contributed by atoms with Crippen LogP contribution in [0.1, 0.15) is 116 Å². The van der Waals surface area contributed by atoms with Gasteiger partial charge in [-0.25, -0.2) is 0 Å². The Kier molecular flexibility index (Phi) is 9.98. The topological polar surface area (TPSA) is 156 Å². The zero-order valence-electron chi connectivity index (χ0n) is 28.4. The maximum Gasteiger partial charge on any atom is 0.201 e. The zero-order chi connectivity index (χ0) is 34.2. The van der Waals surface area contributed by atoms with Crippen LogP contribution in [0.3, 0.4) is 0 Å². The molecule has 7 rings (SSSR count). The number of nitrogens with one attached hydrogen (secondary N) is 1. The molecule has 0 amide bonds. The fourth-order valence-electron chi connectivity index (χ4n) is 9.76. The van der Waals surface area contributed by atoms with Gasteiger partial charge in [0.05, 0.1) is 38.6 Å². The minimum Gasteiger partial charge on any atom is -0.508 e. The van der Waals surface area contributed by atoms with E-state index in [9.17, 15) is 30.6 Å². The van der Waals surface area contributed by atoms with Crippen LogP contribution in [0.5, 0.6) is 23.0 Å². The van der Waals surface area contributed by atoms with Crippen LogP contribution in [0.25, 0.3) is 0 Å². The van der Waals surface area contributed by atoms with Crippen molar-refractivity contribution in [2.75, 3.05) is 13.7 Å². The number of benzene rings is 2. The molecule has 3 aromatic rings. The van der Waals surface area contributed by atoms with Crippen molar-refractivity contribution >= 4 is 0 Å². The molecular weight excluding hydrogens is 622 g/mol. The van der Waals surface area contributed by atoms with E-state index in [4.69, 9.17) is 9.47 Å². The number of hydrogen-bond acceptors (Lipinski definition) is 8. The van der Waals surface area contributed by atoms with Crippen LogP contribution >= 0.6 is 0 Å². The number of H-pyrrole nitrogens is 1. The molecule has 0 radical (unpaired) electrons. The van der Waals surface area contributed by atoms with Gasteiger partial charge in [0.2, 0.25) is 5.75 Å². The highest BCUT2D eigenvalue weighted by molar-refractivity contribution is 5.64. The number of aromatic hydroxyl groups is 3. The van der Waals surface area contributed by atoms with Crippen molar-refractivity contribution in [3.05, 3.63) is 81.7 Å². The third-order valence-corrected chi connectivity index (χ3v) is 12.3. The number of phenolic OH excluding ortho intramolecular Hbond substituents is 2. The molecule has 2 heterocycles. The smallest absolute Gasteiger partial charge is 0.201 e. The second-order valence-corrected chi connectivity index (χ2v) is 14.9. The van der Waals surface area contributed by atoms with Gasteiger partial charge in [-0.3, -0.25) is 0 Å². The number of hydrogen-bond donors (Lipinski definition) is 7. The molecule has 264 valence electrons. The molecular formula is C40H51NO8. The highest BCUT2D eigenvalue weighted by Crippen LogP contribution is 2.53. The summed E-state index contributed by atoms with van der Waals surface area (Å²) in [6, 6.07) is 7.86. The molecule has 2 aromatic carbocycles. The van der Waals surface area contributed by atoms with Crippen LogP contribution in [0.4, 0.5) is 0 Å². The molecule has 0 bridgehead atoms. The van der Waals surface area contributed by atoms with E-state index < -0.39 is 30.3 Å². The normalized spacial score (nSPS) is 29.1. The van der Waals surface area contributed by atoms with Crippen molar-refractivity contribution in [3.63, 3.8) is 0 Å². The number of aromatic amines is 1. The molecule has 1 saturated heterocycles. The molecule has 7 atom stereocenters. The molecule has 1 aliphatic heterocycles. The number of rotatable bonds is 9. The average Bonchev–Trinajstić information content (AvgIpc) is 3.85. The number of fused-ring (bicyclic) bond motifs is 1. The van der Waals surface area contributed by atoms with Crippen molar-refractivity contribution < 1.29 is 40.1 Å². The number of aliphatic hydroxyl groups excluding tert-OH is 3. The highest BCUT2D eigenvalue weighted by atomic mass is 16.5. The molecule has 9 heteroatoms. The van der Waals surface area contributed by atoms with Gasteiger partial charge in [0.15, 0.2) is 11.5 Å². The predicted octanol–water partition coefficient (Wildman–Crippen LogP) is 6.60. The summed E-state index contributed by atoms with van der Waals surface area (Å²) in [6.45, 7) is -0.527. The number of phenols is 3. The Morgan fingerprint density at radius 2 is 1.71 bits per heavy atom. The molecule has 2 saturated carbocycles. The van der Waals surface area contributed by atoms with Crippen molar-refractivity contribution in [2.24, 2.45) is 17.8 Å². The summed E-state index contributed by atoms with van der Waals surface area (Å²) in [4.78, 5) is 3.05. The van der Waals surface area contributed by atoms with Gasteiger partial charge in [0, 0.05) is 53.8 Å². The first-order valence-corrected chi connectivity index (χ1v) is 18.1. The standard InChI is InChI=1S/C40H51NO8/c1-48-40-31(14-22-12-13-41-19-22)37(32(21-43)38(46)39(40)47)36-18-34(45)28-10-8-26(17-35(28)49-36)25-9-11-33(44)30(16-25)29-15-24(6-7-27(29)20-42)23-4-2-3-5-23/h7,9,11-13,16,19,23-24,26,28-29,34-36,41-47H,2-6,8,10,14-15,17-18,20-21H2,1H3/t24-,26+,28-,29-,34+,35+,36+/m1/s1. The first-order chi connectivity index (χ1) is 23.8. The van der Waals surface area contributed by atoms with Gasteiger partial charge in [-0.2, -0.15) is 0 Å².